The molecule has 0 aliphatic carbocycles. The third kappa shape index (κ3) is 4.83. The molecule has 0 aliphatic heterocycles. The van der Waals surface area contributed by atoms with E-state index < -0.39 is 0 Å². The molecule has 0 bridgehead atoms. The van der Waals surface area contributed by atoms with Gasteiger partial charge >= 0.3 is 0 Å². The molecule has 80 valence electrons. The van der Waals surface area contributed by atoms with E-state index in [1.54, 1.807) is 0 Å². The molecule has 14 heavy (non-hydrogen) atoms. The second-order valence-corrected chi connectivity index (χ2v) is 3.73. The number of nitriles is 1. The van der Waals surface area contributed by atoms with Gasteiger partial charge in [0.2, 0.25) is 5.91 Å². The highest BCUT2D eigenvalue weighted by atomic mass is 16.2. The van der Waals surface area contributed by atoms with Gasteiger partial charge < -0.3 is 5.32 Å². The van der Waals surface area contributed by atoms with Crippen LogP contribution in [0.4, 0.5) is 0 Å². The van der Waals surface area contributed by atoms with Gasteiger partial charge in [0.15, 0.2) is 0 Å². The van der Waals surface area contributed by atoms with Crippen LogP contribution in [0.25, 0.3) is 0 Å². The van der Waals surface area contributed by atoms with E-state index in [-0.39, 0.29) is 18.0 Å². The lowest BCUT2D eigenvalue weighted by atomic mass is 10.2. The van der Waals surface area contributed by atoms with Crippen molar-refractivity contribution in [3.63, 3.8) is 0 Å². The van der Waals surface area contributed by atoms with E-state index in [1.165, 1.54) is 0 Å². The number of hydrogen-bond donors (Lipinski definition) is 1. The van der Waals surface area contributed by atoms with Crippen LogP contribution in [0.3, 0.4) is 0 Å². The van der Waals surface area contributed by atoms with Gasteiger partial charge in [0, 0.05) is 19.0 Å². The van der Waals surface area contributed by atoms with Crippen LogP contribution in [-0.4, -0.2) is 36.5 Å². The molecule has 0 saturated carbocycles. The first-order chi connectivity index (χ1) is 6.49. The molecular formula is C10H19N3O. The first-order valence-corrected chi connectivity index (χ1v) is 4.86. The summed E-state index contributed by atoms with van der Waals surface area (Å²) >= 11 is 0. The number of amides is 1. The first kappa shape index (κ1) is 12.9. The van der Waals surface area contributed by atoms with Crippen molar-refractivity contribution < 1.29 is 4.79 Å². The van der Waals surface area contributed by atoms with Crippen molar-refractivity contribution in [1.82, 2.24) is 10.2 Å². The Morgan fingerprint density at radius 3 is 2.50 bits per heavy atom. The largest absolute Gasteiger partial charge is 0.353 e. The van der Waals surface area contributed by atoms with E-state index in [1.807, 2.05) is 32.7 Å². The van der Waals surface area contributed by atoms with Crippen molar-refractivity contribution in [1.29, 1.82) is 5.26 Å². The summed E-state index contributed by atoms with van der Waals surface area (Å²) < 4.78 is 0. The normalized spacial score (nSPS) is 12.6. The molecule has 1 amide bonds. The molecule has 0 aromatic heterocycles. The van der Waals surface area contributed by atoms with E-state index in [2.05, 4.69) is 11.4 Å². The van der Waals surface area contributed by atoms with Crippen LogP contribution < -0.4 is 5.32 Å². The Kier molecular flexibility index (Phi) is 5.89. The van der Waals surface area contributed by atoms with Gasteiger partial charge in [0.05, 0.1) is 12.1 Å². The zero-order valence-electron chi connectivity index (χ0n) is 9.37. The van der Waals surface area contributed by atoms with Crippen molar-refractivity contribution in [2.75, 3.05) is 13.6 Å². The number of carbonyl (C=O) groups excluding carboxylic acids is 1. The molecule has 0 spiro atoms. The van der Waals surface area contributed by atoms with Gasteiger partial charge in [-0.3, -0.25) is 9.69 Å². The van der Waals surface area contributed by atoms with Crippen LogP contribution in [0, 0.1) is 11.3 Å². The Labute approximate surface area is 85.9 Å². The summed E-state index contributed by atoms with van der Waals surface area (Å²) in [5, 5.41) is 11.2. The van der Waals surface area contributed by atoms with E-state index in [0.717, 1.165) is 0 Å². The van der Waals surface area contributed by atoms with Gasteiger partial charge in [0.1, 0.15) is 0 Å². The fourth-order valence-electron chi connectivity index (χ4n) is 1.03. The van der Waals surface area contributed by atoms with Crippen LogP contribution in [0.5, 0.6) is 0 Å². The molecule has 1 unspecified atom stereocenters. The third-order valence-electron chi connectivity index (χ3n) is 2.05. The van der Waals surface area contributed by atoms with Crippen LogP contribution >= 0.6 is 0 Å². The first-order valence-electron chi connectivity index (χ1n) is 4.86. The van der Waals surface area contributed by atoms with Crippen molar-refractivity contribution in [2.24, 2.45) is 0 Å². The summed E-state index contributed by atoms with van der Waals surface area (Å²) in [4.78, 5) is 13.4. The lowest BCUT2D eigenvalue weighted by molar-refractivity contribution is -0.125. The highest BCUT2D eigenvalue weighted by Gasteiger charge is 2.17. The molecule has 0 heterocycles. The SMILES string of the molecule is CC(C)NC(=O)C(C)N(C)CCC#N. The van der Waals surface area contributed by atoms with Crippen LogP contribution in [0.15, 0.2) is 0 Å². The number of hydrogen-bond acceptors (Lipinski definition) is 3. The van der Waals surface area contributed by atoms with Crippen LogP contribution in [0.1, 0.15) is 27.2 Å². The molecule has 0 aliphatic rings. The Morgan fingerprint density at radius 2 is 2.07 bits per heavy atom. The molecule has 1 atom stereocenters. The summed E-state index contributed by atoms with van der Waals surface area (Å²) in [7, 11) is 1.85. The van der Waals surface area contributed by atoms with E-state index in [4.69, 9.17) is 5.26 Å². The Balaban J connectivity index is 3.98. The summed E-state index contributed by atoms with van der Waals surface area (Å²) in [6.45, 7) is 6.33. The summed E-state index contributed by atoms with van der Waals surface area (Å²) in [5.74, 6) is 0.0143. The van der Waals surface area contributed by atoms with Gasteiger partial charge in [-0.1, -0.05) is 0 Å². The number of likely N-dealkylation sites (N-methyl/N-ethyl adjacent to an activating group) is 1. The van der Waals surface area contributed by atoms with E-state index in [0.29, 0.717) is 13.0 Å². The van der Waals surface area contributed by atoms with Gasteiger partial charge in [-0.05, 0) is 27.8 Å². The number of nitrogens with one attached hydrogen (secondary N) is 1. The van der Waals surface area contributed by atoms with Gasteiger partial charge in [-0.15, -0.1) is 0 Å². The maximum Gasteiger partial charge on any atom is 0.237 e. The summed E-state index contributed by atoms with van der Waals surface area (Å²) in [5.41, 5.74) is 0. The van der Waals surface area contributed by atoms with Crippen molar-refractivity contribution in [3.05, 3.63) is 0 Å². The average Bonchev–Trinajstić information content (AvgIpc) is 2.11. The van der Waals surface area contributed by atoms with Gasteiger partial charge in [-0.25, -0.2) is 0 Å². The maximum absolute atomic E-state index is 11.5. The van der Waals surface area contributed by atoms with E-state index >= 15 is 0 Å². The molecule has 0 aromatic rings. The fourth-order valence-corrected chi connectivity index (χ4v) is 1.03. The fraction of sp³-hybridized carbons (Fsp3) is 0.800. The topological polar surface area (TPSA) is 56.1 Å². The molecular weight excluding hydrogens is 178 g/mol. The minimum atomic E-state index is -0.175. The average molecular weight is 197 g/mol. The molecule has 1 N–H and O–H groups in total. The number of nitrogens with zero attached hydrogens (tertiary/aromatic N) is 2. The third-order valence-corrected chi connectivity index (χ3v) is 2.05. The maximum atomic E-state index is 11.5. The predicted molar refractivity (Wildman–Crippen MR) is 55.6 cm³/mol. The summed E-state index contributed by atoms with van der Waals surface area (Å²) in [6, 6.07) is 2.05. The zero-order valence-corrected chi connectivity index (χ0v) is 9.37. The molecule has 0 saturated heterocycles. The lowest BCUT2D eigenvalue weighted by Crippen LogP contribution is -2.45. The minimum absolute atomic E-state index is 0.0143. The second kappa shape index (κ2) is 6.39. The lowest BCUT2D eigenvalue weighted by Gasteiger charge is -2.23. The number of rotatable bonds is 5. The number of carbonyl (C=O) groups is 1. The van der Waals surface area contributed by atoms with Crippen molar-refractivity contribution >= 4 is 5.91 Å². The van der Waals surface area contributed by atoms with Crippen molar-refractivity contribution in [3.8, 4) is 6.07 Å². The zero-order chi connectivity index (χ0) is 11.1. The molecule has 4 heteroatoms. The Morgan fingerprint density at radius 1 is 1.50 bits per heavy atom. The van der Waals surface area contributed by atoms with E-state index in [9.17, 15) is 4.79 Å². The molecule has 0 aromatic carbocycles. The van der Waals surface area contributed by atoms with Crippen LogP contribution in [0.2, 0.25) is 0 Å². The highest BCUT2D eigenvalue weighted by molar-refractivity contribution is 5.81. The summed E-state index contributed by atoms with van der Waals surface area (Å²) in [6.07, 6.45) is 0.454. The minimum Gasteiger partial charge on any atom is -0.353 e. The highest BCUT2D eigenvalue weighted by Crippen LogP contribution is 1.97. The quantitative estimate of drug-likeness (QED) is 0.707. The molecule has 0 radical (unpaired) electrons. The Bertz CT molecular complexity index is 220. The standard InChI is InChI=1S/C10H19N3O/c1-8(2)12-10(14)9(3)13(4)7-5-6-11/h8-9H,5,7H2,1-4H3,(H,12,14). The molecule has 4 nitrogen and oxygen atoms in total. The van der Waals surface area contributed by atoms with Crippen molar-refractivity contribution in [2.45, 2.75) is 39.3 Å². The Hall–Kier alpha value is -1.08. The van der Waals surface area contributed by atoms with Gasteiger partial charge in [0.25, 0.3) is 0 Å². The molecule has 0 fully saturated rings. The smallest absolute Gasteiger partial charge is 0.237 e. The monoisotopic (exact) mass is 197 g/mol. The molecule has 0 rings (SSSR count). The predicted octanol–water partition coefficient (Wildman–Crippen LogP) is 0.745. The van der Waals surface area contributed by atoms with Gasteiger partial charge in [-0.2, -0.15) is 5.26 Å². The van der Waals surface area contributed by atoms with Crippen LogP contribution in [-0.2, 0) is 4.79 Å². The second-order valence-electron chi connectivity index (χ2n) is 3.73.